The van der Waals surface area contributed by atoms with Crippen LogP contribution >= 0.6 is 0 Å². The molecule has 1 unspecified atom stereocenters. The van der Waals surface area contributed by atoms with Gasteiger partial charge in [0.2, 0.25) is 0 Å². The first-order chi connectivity index (χ1) is 22.5. The number of benzene rings is 3. The molecular formula is C39H55F3N4O. The van der Waals surface area contributed by atoms with E-state index in [4.69, 9.17) is 5.73 Å². The molecule has 0 aliphatic heterocycles. The molecule has 4 rings (SSSR count). The third-order valence-electron chi connectivity index (χ3n) is 7.09. The maximum atomic E-state index is 13.3. The molecule has 0 heterocycles. The van der Waals surface area contributed by atoms with E-state index in [1.54, 1.807) is 30.3 Å². The summed E-state index contributed by atoms with van der Waals surface area (Å²) in [6.07, 6.45) is -1.55. The smallest absolute Gasteiger partial charge is 0.351 e. The van der Waals surface area contributed by atoms with Crippen LogP contribution in [-0.2, 0) is 11.3 Å². The quantitative estimate of drug-likeness (QED) is 0.116. The van der Waals surface area contributed by atoms with Crippen LogP contribution in [0.2, 0.25) is 0 Å². The lowest BCUT2D eigenvalue weighted by atomic mass is 9.95. The molecule has 0 spiro atoms. The SMILES string of the molecule is C=C(/C=C(\Nc1cccc(CN)c1)C(=O)Nc1cccc(C(NCC2CC2)c2ccc(C(C)C)cc2)c1)C(F)(F)F.CC.CC.CC. The molecule has 1 saturated carbocycles. The van der Waals surface area contributed by atoms with Crippen LogP contribution in [0.5, 0.6) is 0 Å². The van der Waals surface area contributed by atoms with Gasteiger partial charge in [-0.1, -0.05) is 110 Å². The predicted octanol–water partition coefficient (Wildman–Crippen LogP) is 10.5. The van der Waals surface area contributed by atoms with E-state index in [0.717, 1.165) is 23.2 Å². The number of hydrogen-bond acceptors (Lipinski definition) is 4. The fraction of sp³-hybridized carbons (Fsp3) is 0.410. The summed E-state index contributed by atoms with van der Waals surface area (Å²) in [5, 5.41) is 9.25. The Morgan fingerprint density at radius 3 is 1.94 bits per heavy atom. The highest BCUT2D eigenvalue weighted by Gasteiger charge is 2.31. The Balaban J connectivity index is 0.00000174. The molecule has 3 aromatic rings. The topological polar surface area (TPSA) is 79.2 Å². The van der Waals surface area contributed by atoms with Gasteiger partial charge in [0.25, 0.3) is 5.91 Å². The Kier molecular flexibility index (Phi) is 18.5. The standard InChI is InChI=1S/C33H37F3N4O.3C2H6/c1-21(2)25-12-14-26(15-13-25)31(38-20-23-10-11-23)27-7-5-9-29(18-27)40-32(41)30(16-22(3)33(34,35)36)39-28-8-4-6-24(17-28)19-37;3*1-2/h4-9,12-18,21,23,31,38-39H,3,10-11,19-20,37H2,1-2H3,(H,40,41);3*1-2H3/b30-16-;;;. The Hall–Kier alpha value is -3.88. The minimum atomic E-state index is -4.68. The number of amides is 1. The van der Waals surface area contributed by atoms with Crippen molar-refractivity contribution in [2.45, 2.75) is 92.9 Å². The summed E-state index contributed by atoms with van der Waals surface area (Å²) in [6, 6.07) is 22.6. The zero-order chi connectivity index (χ0) is 35.6. The second-order valence-corrected chi connectivity index (χ2v) is 10.8. The van der Waals surface area contributed by atoms with Gasteiger partial charge in [0.15, 0.2) is 0 Å². The Bertz CT molecular complexity index is 1390. The lowest BCUT2D eigenvalue weighted by Crippen LogP contribution is -2.25. The number of hydrogen-bond donors (Lipinski definition) is 4. The highest BCUT2D eigenvalue weighted by molar-refractivity contribution is 6.06. The number of nitrogens with one attached hydrogen (secondary N) is 3. The molecule has 0 aromatic heterocycles. The first kappa shape index (κ1) is 41.1. The fourth-order valence-electron chi connectivity index (χ4n) is 4.45. The molecule has 1 fully saturated rings. The highest BCUT2D eigenvalue weighted by Crippen LogP contribution is 2.32. The minimum Gasteiger partial charge on any atom is -0.351 e. The number of halogens is 3. The summed E-state index contributed by atoms with van der Waals surface area (Å²) in [4.78, 5) is 13.3. The van der Waals surface area contributed by atoms with Crippen molar-refractivity contribution in [1.29, 1.82) is 0 Å². The molecule has 0 saturated heterocycles. The van der Waals surface area contributed by atoms with Crippen LogP contribution in [0.15, 0.2) is 96.7 Å². The molecule has 1 atom stereocenters. The average molecular weight is 653 g/mol. The second-order valence-electron chi connectivity index (χ2n) is 10.8. The Morgan fingerprint density at radius 1 is 0.851 bits per heavy atom. The van der Waals surface area contributed by atoms with Crippen LogP contribution in [0.4, 0.5) is 24.5 Å². The van der Waals surface area contributed by atoms with Gasteiger partial charge in [-0.15, -0.1) is 0 Å². The zero-order valence-corrected chi connectivity index (χ0v) is 29.4. The normalized spacial score (nSPS) is 13.1. The van der Waals surface area contributed by atoms with E-state index in [-0.39, 0.29) is 18.3 Å². The van der Waals surface area contributed by atoms with Crippen molar-refractivity contribution in [1.82, 2.24) is 5.32 Å². The number of rotatable bonds is 12. The third kappa shape index (κ3) is 13.8. The Morgan fingerprint density at radius 2 is 1.40 bits per heavy atom. The van der Waals surface area contributed by atoms with E-state index in [2.05, 4.69) is 60.6 Å². The number of allylic oxidation sites excluding steroid dienone is 2. The number of carbonyl (C=O) groups is 1. The summed E-state index contributed by atoms with van der Waals surface area (Å²) in [6.45, 7) is 20.5. The molecule has 1 aliphatic carbocycles. The van der Waals surface area contributed by atoms with Gasteiger partial charge < -0.3 is 21.7 Å². The molecule has 1 amide bonds. The molecule has 0 bridgehead atoms. The van der Waals surface area contributed by atoms with Crippen molar-refractivity contribution >= 4 is 17.3 Å². The number of carbonyl (C=O) groups excluding carboxylic acids is 1. The third-order valence-corrected chi connectivity index (χ3v) is 7.09. The van der Waals surface area contributed by atoms with Gasteiger partial charge in [0.05, 0.1) is 11.6 Å². The maximum Gasteiger partial charge on any atom is 0.415 e. The number of alkyl halides is 3. The van der Waals surface area contributed by atoms with Crippen molar-refractivity contribution in [2.24, 2.45) is 11.7 Å². The monoisotopic (exact) mass is 652 g/mol. The number of nitrogens with two attached hydrogens (primary N) is 1. The van der Waals surface area contributed by atoms with E-state index in [9.17, 15) is 18.0 Å². The van der Waals surface area contributed by atoms with Crippen molar-refractivity contribution < 1.29 is 18.0 Å². The molecule has 3 aromatic carbocycles. The van der Waals surface area contributed by atoms with Crippen molar-refractivity contribution in [2.75, 3.05) is 17.2 Å². The van der Waals surface area contributed by atoms with Gasteiger partial charge in [0, 0.05) is 17.9 Å². The minimum absolute atomic E-state index is 0.106. The summed E-state index contributed by atoms with van der Waals surface area (Å²) in [5.41, 5.74) is 9.22. The van der Waals surface area contributed by atoms with Gasteiger partial charge in [-0.3, -0.25) is 4.79 Å². The molecule has 5 nitrogen and oxygen atoms in total. The van der Waals surface area contributed by atoms with E-state index in [1.165, 1.54) is 18.4 Å². The highest BCUT2D eigenvalue weighted by atomic mass is 19.4. The predicted molar refractivity (Wildman–Crippen MR) is 193 cm³/mol. The van der Waals surface area contributed by atoms with E-state index >= 15 is 0 Å². The Labute approximate surface area is 280 Å². The zero-order valence-electron chi connectivity index (χ0n) is 29.4. The van der Waals surface area contributed by atoms with Crippen molar-refractivity contribution in [3.63, 3.8) is 0 Å². The lowest BCUT2D eigenvalue weighted by molar-refractivity contribution is -0.112. The average Bonchev–Trinajstić information content (AvgIpc) is 3.92. The van der Waals surface area contributed by atoms with Crippen LogP contribution < -0.4 is 21.7 Å². The molecule has 47 heavy (non-hydrogen) atoms. The molecule has 1 aliphatic rings. The number of anilines is 2. The molecule has 5 N–H and O–H groups in total. The molecule has 8 heteroatoms. The van der Waals surface area contributed by atoms with Crippen LogP contribution in [0.3, 0.4) is 0 Å². The van der Waals surface area contributed by atoms with Gasteiger partial charge in [-0.25, -0.2) is 0 Å². The summed E-state index contributed by atoms with van der Waals surface area (Å²) in [5.74, 6) is 0.352. The fourth-order valence-corrected chi connectivity index (χ4v) is 4.45. The van der Waals surface area contributed by atoms with Gasteiger partial charge in [-0.05, 0) is 83.8 Å². The summed E-state index contributed by atoms with van der Waals surface area (Å²) >= 11 is 0. The summed E-state index contributed by atoms with van der Waals surface area (Å²) in [7, 11) is 0. The first-order valence-electron chi connectivity index (χ1n) is 16.8. The van der Waals surface area contributed by atoms with E-state index in [1.807, 2.05) is 59.7 Å². The molecule has 258 valence electrons. The second kappa shape index (κ2) is 21.1. The van der Waals surface area contributed by atoms with Crippen LogP contribution in [0.1, 0.15) is 102 Å². The van der Waals surface area contributed by atoms with E-state index in [0.29, 0.717) is 29.3 Å². The molecular weight excluding hydrogens is 597 g/mol. The van der Waals surface area contributed by atoms with Gasteiger partial charge in [0.1, 0.15) is 5.70 Å². The van der Waals surface area contributed by atoms with Crippen molar-refractivity contribution in [3.05, 3.63) is 119 Å². The van der Waals surface area contributed by atoms with Crippen LogP contribution in [-0.4, -0.2) is 18.6 Å². The first-order valence-corrected chi connectivity index (χ1v) is 16.8. The maximum absolute atomic E-state index is 13.3. The summed E-state index contributed by atoms with van der Waals surface area (Å²) < 4.78 is 40.0. The molecule has 0 radical (unpaired) electrons. The van der Waals surface area contributed by atoms with Gasteiger partial charge in [-0.2, -0.15) is 13.2 Å². The van der Waals surface area contributed by atoms with Crippen molar-refractivity contribution in [3.8, 4) is 0 Å². The largest absolute Gasteiger partial charge is 0.415 e. The van der Waals surface area contributed by atoms with Crippen LogP contribution in [0, 0.1) is 5.92 Å². The van der Waals surface area contributed by atoms with Crippen LogP contribution in [0.25, 0.3) is 0 Å². The van der Waals surface area contributed by atoms with Gasteiger partial charge >= 0.3 is 6.18 Å². The lowest BCUT2D eigenvalue weighted by Gasteiger charge is -2.22. The van der Waals surface area contributed by atoms with E-state index < -0.39 is 17.7 Å².